The summed E-state index contributed by atoms with van der Waals surface area (Å²) in [4.78, 5) is 0. The van der Waals surface area contributed by atoms with E-state index in [1.165, 1.54) is 30.5 Å². The molecule has 0 radical (unpaired) electrons. The molecule has 0 spiro atoms. The number of rotatable bonds is 7. The van der Waals surface area contributed by atoms with Crippen LogP contribution in [0.3, 0.4) is 0 Å². The lowest BCUT2D eigenvalue weighted by Gasteiger charge is -2.41. The fourth-order valence-corrected chi connectivity index (χ4v) is 4.15. The summed E-state index contributed by atoms with van der Waals surface area (Å²) in [6, 6.07) is 2.31. The average Bonchev–Trinajstić information content (AvgIpc) is 2.99. The van der Waals surface area contributed by atoms with Gasteiger partial charge in [-0.2, -0.15) is 0 Å². The van der Waals surface area contributed by atoms with Gasteiger partial charge in [-0.1, -0.05) is 46.1 Å². The van der Waals surface area contributed by atoms with Crippen molar-refractivity contribution < 1.29 is 4.74 Å². The molecule has 3 heterocycles. The van der Waals surface area contributed by atoms with Crippen molar-refractivity contribution >= 4 is 0 Å². The fraction of sp³-hybridized carbons (Fsp3) is 0.684. The molecule has 1 aromatic rings. The Bertz CT molecular complexity index is 530. The lowest BCUT2D eigenvalue weighted by atomic mass is 9.85. The zero-order chi connectivity index (χ0) is 14.9. The molecule has 21 heavy (non-hydrogen) atoms. The van der Waals surface area contributed by atoms with E-state index in [0.717, 1.165) is 32.2 Å². The summed E-state index contributed by atoms with van der Waals surface area (Å²) in [5.74, 6) is 0. The van der Waals surface area contributed by atoms with Crippen molar-refractivity contribution in [2.45, 2.75) is 83.5 Å². The first-order valence-electron chi connectivity index (χ1n) is 8.77. The van der Waals surface area contributed by atoms with Crippen molar-refractivity contribution in [1.29, 1.82) is 0 Å². The van der Waals surface area contributed by atoms with Crippen molar-refractivity contribution in [2.75, 3.05) is 0 Å². The van der Waals surface area contributed by atoms with Gasteiger partial charge in [-0.3, -0.25) is 0 Å². The molecule has 0 amide bonds. The third-order valence-electron chi connectivity index (χ3n) is 5.09. The quantitative estimate of drug-likeness (QED) is 0.646. The van der Waals surface area contributed by atoms with Gasteiger partial charge >= 0.3 is 0 Å². The predicted octanol–water partition coefficient (Wildman–Crippen LogP) is 4.97. The van der Waals surface area contributed by atoms with Gasteiger partial charge < -0.3 is 9.30 Å². The van der Waals surface area contributed by atoms with Crippen LogP contribution >= 0.6 is 0 Å². The molecule has 3 rings (SSSR count). The topological polar surface area (TPSA) is 14.2 Å². The van der Waals surface area contributed by atoms with Crippen LogP contribution in [0.4, 0.5) is 0 Å². The first-order valence-corrected chi connectivity index (χ1v) is 8.77. The Hall–Kier alpha value is -1.02. The van der Waals surface area contributed by atoms with Gasteiger partial charge in [0.05, 0.1) is 5.60 Å². The predicted molar refractivity (Wildman–Crippen MR) is 87.5 cm³/mol. The van der Waals surface area contributed by atoms with Gasteiger partial charge in [0, 0.05) is 30.4 Å². The Labute approximate surface area is 129 Å². The summed E-state index contributed by atoms with van der Waals surface area (Å²) >= 11 is 0. The van der Waals surface area contributed by atoms with E-state index in [1.54, 1.807) is 0 Å². The van der Waals surface area contributed by atoms with E-state index in [1.807, 2.05) is 0 Å². The maximum absolute atomic E-state index is 6.67. The average molecular weight is 287 g/mol. The highest BCUT2D eigenvalue weighted by molar-refractivity contribution is 5.42. The minimum Gasteiger partial charge on any atom is -0.355 e. The van der Waals surface area contributed by atoms with E-state index < -0.39 is 0 Å². The lowest BCUT2D eigenvalue weighted by molar-refractivity contribution is -0.113. The fourth-order valence-electron chi connectivity index (χ4n) is 4.15. The maximum atomic E-state index is 6.67. The standard InChI is InChI=1S/C19H29NO/c1-4-7-13-20-14-8-16-17(20)15-18(9-5-2)11-12-19(16,21-18)10-6-3/h8,11-12,14H,4-7,9-10,13,15H2,1-3H3/t18-,19+/m1/s1. The first kappa shape index (κ1) is 14.9. The van der Waals surface area contributed by atoms with Crippen LogP contribution in [0.1, 0.15) is 70.6 Å². The van der Waals surface area contributed by atoms with Crippen LogP contribution in [0.5, 0.6) is 0 Å². The van der Waals surface area contributed by atoms with Crippen LogP contribution < -0.4 is 0 Å². The molecule has 2 bridgehead atoms. The second-order valence-corrected chi connectivity index (χ2v) is 6.79. The second-order valence-electron chi connectivity index (χ2n) is 6.79. The molecule has 0 aromatic carbocycles. The number of ether oxygens (including phenoxy) is 1. The molecule has 116 valence electrons. The summed E-state index contributed by atoms with van der Waals surface area (Å²) in [5.41, 5.74) is 2.77. The zero-order valence-corrected chi connectivity index (χ0v) is 13.8. The van der Waals surface area contributed by atoms with E-state index in [0.29, 0.717) is 0 Å². The number of fused-ring (bicyclic) bond motifs is 4. The van der Waals surface area contributed by atoms with Crippen molar-refractivity contribution in [3.8, 4) is 0 Å². The highest BCUT2D eigenvalue weighted by Crippen LogP contribution is 2.51. The smallest absolute Gasteiger partial charge is 0.114 e. The lowest BCUT2D eigenvalue weighted by Crippen LogP contribution is -2.42. The molecule has 0 fully saturated rings. The van der Waals surface area contributed by atoms with Gasteiger partial charge in [0.2, 0.25) is 0 Å². The zero-order valence-electron chi connectivity index (χ0n) is 13.8. The molecule has 0 saturated carbocycles. The molecular weight excluding hydrogens is 258 g/mol. The van der Waals surface area contributed by atoms with E-state index in [2.05, 4.69) is 49.8 Å². The van der Waals surface area contributed by atoms with Gasteiger partial charge in [-0.05, 0) is 31.4 Å². The van der Waals surface area contributed by atoms with Crippen LogP contribution in [0.2, 0.25) is 0 Å². The SMILES string of the molecule is CCCCn1ccc2c1C[C@@]1(CCC)C=C[C@]2(CCC)O1. The van der Waals surface area contributed by atoms with Crippen LogP contribution in [-0.2, 0) is 23.3 Å². The molecule has 0 saturated heterocycles. The molecule has 2 nitrogen and oxygen atoms in total. The van der Waals surface area contributed by atoms with Gasteiger partial charge in [-0.25, -0.2) is 0 Å². The van der Waals surface area contributed by atoms with E-state index in [-0.39, 0.29) is 11.2 Å². The number of aromatic nitrogens is 1. The van der Waals surface area contributed by atoms with Crippen molar-refractivity contribution in [2.24, 2.45) is 0 Å². The molecule has 0 N–H and O–H groups in total. The molecular formula is C19H29NO. The first-order chi connectivity index (χ1) is 10.2. The minimum atomic E-state index is -0.144. The monoisotopic (exact) mass is 287 g/mol. The number of hydrogen-bond acceptors (Lipinski definition) is 1. The number of aryl methyl sites for hydroxylation is 1. The maximum Gasteiger partial charge on any atom is 0.114 e. The summed E-state index contributed by atoms with van der Waals surface area (Å²) in [5, 5.41) is 0. The highest BCUT2D eigenvalue weighted by atomic mass is 16.5. The van der Waals surface area contributed by atoms with E-state index in [4.69, 9.17) is 4.74 Å². The van der Waals surface area contributed by atoms with Crippen molar-refractivity contribution in [3.63, 3.8) is 0 Å². The van der Waals surface area contributed by atoms with Gasteiger partial charge in [0.25, 0.3) is 0 Å². The van der Waals surface area contributed by atoms with Crippen LogP contribution in [-0.4, -0.2) is 10.2 Å². The Balaban J connectivity index is 1.99. The molecule has 0 aliphatic carbocycles. The van der Waals surface area contributed by atoms with Gasteiger partial charge in [0.15, 0.2) is 0 Å². The summed E-state index contributed by atoms with van der Waals surface area (Å²) < 4.78 is 9.16. The number of hydrogen-bond donors (Lipinski definition) is 0. The molecule has 2 heteroatoms. The van der Waals surface area contributed by atoms with Crippen LogP contribution in [0.25, 0.3) is 0 Å². The molecule has 2 aliphatic heterocycles. The Kier molecular flexibility index (Phi) is 4.00. The largest absolute Gasteiger partial charge is 0.355 e. The Morgan fingerprint density at radius 2 is 1.90 bits per heavy atom. The normalized spacial score (nSPS) is 29.9. The molecule has 2 atom stereocenters. The van der Waals surface area contributed by atoms with E-state index >= 15 is 0 Å². The van der Waals surface area contributed by atoms with Crippen LogP contribution in [0.15, 0.2) is 24.4 Å². The summed E-state index contributed by atoms with van der Waals surface area (Å²) in [6.07, 6.45) is 15.2. The molecule has 1 aromatic heterocycles. The molecule has 2 aliphatic rings. The number of unbranched alkanes of at least 4 members (excludes halogenated alkanes) is 1. The molecule has 0 unspecified atom stereocenters. The summed E-state index contributed by atoms with van der Waals surface area (Å²) in [7, 11) is 0. The van der Waals surface area contributed by atoms with Crippen LogP contribution in [0, 0.1) is 0 Å². The minimum absolute atomic E-state index is 0.0424. The van der Waals surface area contributed by atoms with Gasteiger partial charge in [-0.15, -0.1) is 0 Å². The van der Waals surface area contributed by atoms with Crippen molar-refractivity contribution in [3.05, 3.63) is 35.7 Å². The number of nitrogens with zero attached hydrogens (tertiary/aromatic N) is 1. The Morgan fingerprint density at radius 3 is 2.62 bits per heavy atom. The van der Waals surface area contributed by atoms with E-state index in [9.17, 15) is 0 Å². The highest BCUT2D eigenvalue weighted by Gasteiger charge is 2.50. The second kappa shape index (κ2) is 5.64. The van der Waals surface area contributed by atoms with Crippen molar-refractivity contribution in [1.82, 2.24) is 4.57 Å². The Morgan fingerprint density at radius 1 is 1.10 bits per heavy atom. The third kappa shape index (κ3) is 2.38. The third-order valence-corrected chi connectivity index (χ3v) is 5.09. The van der Waals surface area contributed by atoms with Gasteiger partial charge in [0.1, 0.15) is 5.60 Å². The summed E-state index contributed by atoms with van der Waals surface area (Å²) in [6.45, 7) is 7.93.